The average molecular weight is 269 g/mol. The van der Waals surface area contributed by atoms with Crippen LogP contribution in [0.1, 0.15) is 5.69 Å². The van der Waals surface area contributed by atoms with Crippen molar-refractivity contribution in [3.8, 4) is 5.75 Å². The Morgan fingerprint density at radius 1 is 1.12 bits per heavy atom. The van der Waals surface area contributed by atoms with Gasteiger partial charge in [0.15, 0.2) is 0 Å². The normalized spacial score (nSPS) is 10.2. The Morgan fingerprint density at radius 2 is 1.94 bits per heavy atom. The quantitative estimate of drug-likeness (QED) is 0.892. The zero-order valence-electron chi connectivity index (χ0n) is 8.82. The molecule has 0 spiro atoms. The van der Waals surface area contributed by atoms with Gasteiger partial charge >= 0.3 is 0 Å². The van der Waals surface area contributed by atoms with E-state index in [4.69, 9.17) is 28.3 Å². The number of rotatable bonds is 3. The zero-order valence-corrected chi connectivity index (χ0v) is 10.3. The SMILES string of the molecule is Oc1ccc(CNc2ccc(Cl)c(Cl)c2)nc1. The molecule has 0 radical (unpaired) electrons. The van der Waals surface area contributed by atoms with Gasteiger partial charge in [0, 0.05) is 5.69 Å². The molecule has 1 aromatic carbocycles. The van der Waals surface area contributed by atoms with Crippen molar-refractivity contribution in [1.29, 1.82) is 0 Å². The second-order valence-electron chi connectivity index (χ2n) is 3.49. The summed E-state index contributed by atoms with van der Waals surface area (Å²) in [4.78, 5) is 4.06. The van der Waals surface area contributed by atoms with Crippen LogP contribution in [0.5, 0.6) is 5.75 Å². The number of nitrogens with zero attached hydrogens (tertiary/aromatic N) is 1. The van der Waals surface area contributed by atoms with Crippen molar-refractivity contribution in [2.45, 2.75) is 6.54 Å². The second-order valence-corrected chi connectivity index (χ2v) is 4.30. The molecule has 0 bridgehead atoms. The fourth-order valence-electron chi connectivity index (χ4n) is 1.32. The summed E-state index contributed by atoms with van der Waals surface area (Å²) in [5.74, 6) is 0.156. The molecule has 0 fully saturated rings. The Hall–Kier alpha value is -1.45. The van der Waals surface area contributed by atoms with E-state index in [1.54, 1.807) is 24.3 Å². The topological polar surface area (TPSA) is 45.1 Å². The lowest BCUT2D eigenvalue weighted by atomic mass is 10.3. The minimum atomic E-state index is 0.156. The highest BCUT2D eigenvalue weighted by atomic mass is 35.5. The van der Waals surface area contributed by atoms with E-state index in [2.05, 4.69) is 10.3 Å². The highest BCUT2D eigenvalue weighted by Gasteiger charge is 2.00. The van der Waals surface area contributed by atoms with Crippen molar-refractivity contribution in [2.24, 2.45) is 0 Å². The van der Waals surface area contributed by atoms with Crippen molar-refractivity contribution >= 4 is 28.9 Å². The molecule has 0 unspecified atom stereocenters. The Labute approximate surface area is 109 Å². The number of hydrogen-bond donors (Lipinski definition) is 2. The molecule has 0 saturated carbocycles. The van der Waals surface area contributed by atoms with Crippen molar-refractivity contribution in [2.75, 3.05) is 5.32 Å². The van der Waals surface area contributed by atoms with Gasteiger partial charge in [0.05, 0.1) is 28.5 Å². The molecule has 0 aliphatic heterocycles. The Bertz CT molecular complexity index is 514. The maximum Gasteiger partial charge on any atom is 0.133 e. The summed E-state index contributed by atoms with van der Waals surface area (Å²) in [5, 5.41) is 13.3. The molecule has 17 heavy (non-hydrogen) atoms. The molecule has 0 atom stereocenters. The molecule has 0 amide bonds. The van der Waals surface area contributed by atoms with Crippen LogP contribution < -0.4 is 5.32 Å². The van der Waals surface area contributed by atoms with Crippen LogP contribution in [0.3, 0.4) is 0 Å². The molecule has 5 heteroatoms. The van der Waals surface area contributed by atoms with Gasteiger partial charge in [-0.15, -0.1) is 0 Å². The summed E-state index contributed by atoms with van der Waals surface area (Å²) < 4.78 is 0. The number of halogens is 2. The lowest BCUT2D eigenvalue weighted by molar-refractivity contribution is 0.472. The first kappa shape index (κ1) is 12.0. The van der Waals surface area contributed by atoms with E-state index in [0.717, 1.165) is 11.4 Å². The van der Waals surface area contributed by atoms with Crippen molar-refractivity contribution in [3.05, 3.63) is 52.3 Å². The summed E-state index contributed by atoms with van der Waals surface area (Å²) >= 11 is 11.7. The molecule has 0 aliphatic carbocycles. The molecular formula is C12H10Cl2N2O. The zero-order chi connectivity index (χ0) is 12.3. The third kappa shape index (κ3) is 3.25. The molecule has 2 rings (SSSR count). The van der Waals surface area contributed by atoms with Gasteiger partial charge in [0.25, 0.3) is 0 Å². The van der Waals surface area contributed by atoms with Crippen LogP contribution in [-0.4, -0.2) is 10.1 Å². The van der Waals surface area contributed by atoms with Gasteiger partial charge < -0.3 is 10.4 Å². The number of hydrogen-bond acceptors (Lipinski definition) is 3. The fraction of sp³-hybridized carbons (Fsp3) is 0.0833. The molecule has 0 saturated heterocycles. The lowest BCUT2D eigenvalue weighted by Gasteiger charge is -2.07. The fourth-order valence-corrected chi connectivity index (χ4v) is 1.62. The first-order chi connectivity index (χ1) is 8.15. The molecule has 0 aliphatic rings. The molecular weight excluding hydrogens is 259 g/mol. The van der Waals surface area contributed by atoms with Crippen LogP contribution in [0.15, 0.2) is 36.5 Å². The highest BCUT2D eigenvalue weighted by Crippen LogP contribution is 2.25. The standard InChI is InChI=1S/C12H10Cl2N2O/c13-11-4-2-8(5-12(11)14)15-6-9-1-3-10(17)7-16-9/h1-5,7,15,17H,6H2. The summed E-state index contributed by atoms with van der Waals surface area (Å²) in [6, 6.07) is 8.67. The minimum absolute atomic E-state index is 0.156. The molecule has 2 aromatic rings. The van der Waals surface area contributed by atoms with E-state index in [-0.39, 0.29) is 5.75 Å². The molecule has 88 valence electrons. The minimum Gasteiger partial charge on any atom is -0.506 e. The van der Waals surface area contributed by atoms with E-state index in [1.807, 2.05) is 6.07 Å². The number of pyridine rings is 1. The summed E-state index contributed by atoms with van der Waals surface area (Å²) in [6.45, 7) is 0.554. The molecule has 2 N–H and O–H groups in total. The van der Waals surface area contributed by atoms with Gasteiger partial charge in [0.2, 0.25) is 0 Å². The van der Waals surface area contributed by atoms with Gasteiger partial charge in [0.1, 0.15) is 5.75 Å². The van der Waals surface area contributed by atoms with Crippen LogP contribution >= 0.6 is 23.2 Å². The van der Waals surface area contributed by atoms with Gasteiger partial charge in [-0.25, -0.2) is 0 Å². The Morgan fingerprint density at radius 3 is 2.59 bits per heavy atom. The van der Waals surface area contributed by atoms with Crippen LogP contribution in [0.25, 0.3) is 0 Å². The van der Waals surface area contributed by atoms with Gasteiger partial charge in [-0.3, -0.25) is 4.98 Å². The maximum atomic E-state index is 9.09. The lowest BCUT2D eigenvalue weighted by Crippen LogP contribution is -2.00. The van der Waals surface area contributed by atoms with Crippen molar-refractivity contribution in [1.82, 2.24) is 4.98 Å². The highest BCUT2D eigenvalue weighted by molar-refractivity contribution is 6.42. The average Bonchev–Trinajstić information content (AvgIpc) is 2.33. The van der Waals surface area contributed by atoms with Gasteiger partial charge in [-0.05, 0) is 30.3 Å². The molecule has 3 nitrogen and oxygen atoms in total. The Kier molecular flexibility index (Phi) is 3.71. The Balaban J connectivity index is 2.02. The van der Waals surface area contributed by atoms with E-state index in [0.29, 0.717) is 16.6 Å². The van der Waals surface area contributed by atoms with Crippen molar-refractivity contribution in [3.63, 3.8) is 0 Å². The molecule has 1 aromatic heterocycles. The smallest absolute Gasteiger partial charge is 0.133 e. The van der Waals surface area contributed by atoms with Crippen LogP contribution in [0.4, 0.5) is 5.69 Å². The maximum absolute atomic E-state index is 9.09. The largest absolute Gasteiger partial charge is 0.506 e. The van der Waals surface area contributed by atoms with Crippen molar-refractivity contribution < 1.29 is 5.11 Å². The summed E-state index contributed by atoms with van der Waals surface area (Å²) in [5.41, 5.74) is 1.70. The monoisotopic (exact) mass is 268 g/mol. The number of benzene rings is 1. The van der Waals surface area contributed by atoms with E-state index in [9.17, 15) is 0 Å². The van der Waals surface area contributed by atoms with E-state index in [1.165, 1.54) is 6.20 Å². The second kappa shape index (κ2) is 5.25. The predicted molar refractivity (Wildman–Crippen MR) is 69.7 cm³/mol. The third-order valence-electron chi connectivity index (χ3n) is 2.20. The first-order valence-corrected chi connectivity index (χ1v) is 5.73. The summed E-state index contributed by atoms with van der Waals surface area (Å²) in [7, 11) is 0. The first-order valence-electron chi connectivity index (χ1n) is 4.98. The third-order valence-corrected chi connectivity index (χ3v) is 2.94. The van der Waals surface area contributed by atoms with E-state index < -0.39 is 0 Å². The van der Waals surface area contributed by atoms with Gasteiger partial charge in [-0.2, -0.15) is 0 Å². The number of anilines is 1. The van der Waals surface area contributed by atoms with Crippen LogP contribution in [0.2, 0.25) is 10.0 Å². The van der Waals surface area contributed by atoms with E-state index >= 15 is 0 Å². The molecule has 1 heterocycles. The van der Waals surface area contributed by atoms with Crippen LogP contribution in [-0.2, 0) is 6.54 Å². The predicted octanol–water partition coefficient (Wildman–Crippen LogP) is 3.71. The number of aromatic hydroxyl groups is 1. The van der Waals surface area contributed by atoms with Gasteiger partial charge in [-0.1, -0.05) is 23.2 Å². The van der Waals surface area contributed by atoms with Crippen LogP contribution in [0, 0.1) is 0 Å². The number of aromatic nitrogens is 1. The summed E-state index contributed by atoms with van der Waals surface area (Å²) in [6.07, 6.45) is 1.41. The number of nitrogens with one attached hydrogen (secondary N) is 1.